The molecule has 1 atom stereocenters. The van der Waals surface area contributed by atoms with E-state index in [1.807, 2.05) is 19.4 Å². The maximum absolute atomic E-state index is 12.2. The molecule has 1 saturated heterocycles. The van der Waals surface area contributed by atoms with E-state index in [1.165, 1.54) is 0 Å². The number of hydrogen-bond donors (Lipinski definition) is 1. The fraction of sp³-hybridized carbons (Fsp3) is 0.500. The van der Waals surface area contributed by atoms with Crippen molar-refractivity contribution in [2.24, 2.45) is 7.05 Å². The molecule has 0 aromatic carbocycles. The second kappa shape index (κ2) is 6.76. The van der Waals surface area contributed by atoms with Crippen LogP contribution in [0.15, 0.2) is 24.9 Å². The molecular weight excluding hydrogens is 292 g/mol. The molecule has 7 nitrogen and oxygen atoms in total. The van der Waals surface area contributed by atoms with Crippen molar-refractivity contribution in [3.63, 3.8) is 0 Å². The highest BCUT2D eigenvalue weighted by atomic mass is 16.2. The monoisotopic (exact) mass is 314 g/mol. The molecular formula is C16H22N6O. The van der Waals surface area contributed by atoms with Gasteiger partial charge in [0.1, 0.15) is 5.69 Å². The molecule has 1 fully saturated rings. The Kier molecular flexibility index (Phi) is 4.55. The highest BCUT2D eigenvalue weighted by Gasteiger charge is 2.24. The maximum Gasteiger partial charge on any atom is 0.271 e. The Hall–Kier alpha value is -2.44. The molecule has 122 valence electrons. The van der Waals surface area contributed by atoms with Crippen LogP contribution in [-0.4, -0.2) is 44.6 Å². The van der Waals surface area contributed by atoms with Crippen molar-refractivity contribution in [3.05, 3.63) is 36.2 Å². The number of carbonyl (C=O) groups is 1. The fourth-order valence-electron chi connectivity index (χ4n) is 2.76. The number of aromatic nitrogens is 4. The lowest BCUT2D eigenvalue weighted by Gasteiger charge is -2.33. The number of nitrogens with zero attached hydrogens (tertiary/aromatic N) is 5. The summed E-state index contributed by atoms with van der Waals surface area (Å²) in [4.78, 5) is 27.3. The maximum atomic E-state index is 12.2. The quantitative estimate of drug-likeness (QED) is 0.917. The highest BCUT2D eigenvalue weighted by molar-refractivity contribution is 5.92. The number of imidazole rings is 1. The van der Waals surface area contributed by atoms with Crippen LogP contribution in [0, 0.1) is 0 Å². The smallest absolute Gasteiger partial charge is 0.271 e. The van der Waals surface area contributed by atoms with E-state index in [9.17, 15) is 4.79 Å². The van der Waals surface area contributed by atoms with Crippen molar-refractivity contribution in [2.75, 3.05) is 18.0 Å². The minimum Gasteiger partial charge on any atom is -0.346 e. The van der Waals surface area contributed by atoms with Gasteiger partial charge in [-0.3, -0.25) is 4.79 Å². The Morgan fingerprint density at radius 2 is 2.13 bits per heavy atom. The first-order chi connectivity index (χ1) is 11.2. The molecule has 23 heavy (non-hydrogen) atoms. The van der Waals surface area contributed by atoms with Gasteiger partial charge in [-0.05, 0) is 24.8 Å². The van der Waals surface area contributed by atoms with Gasteiger partial charge in [0.15, 0.2) is 0 Å². The molecule has 1 amide bonds. The van der Waals surface area contributed by atoms with Crippen LogP contribution in [0.1, 0.15) is 35.8 Å². The molecule has 7 heteroatoms. The van der Waals surface area contributed by atoms with Crippen LogP contribution in [0.2, 0.25) is 0 Å². The molecule has 1 N–H and O–H groups in total. The molecule has 0 spiro atoms. The molecule has 0 saturated carbocycles. The Balaban J connectivity index is 1.62. The Labute approximate surface area is 135 Å². The van der Waals surface area contributed by atoms with Gasteiger partial charge in [0.2, 0.25) is 5.95 Å². The predicted molar refractivity (Wildman–Crippen MR) is 87.3 cm³/mol. The van der Waals surface area contributed by atoms with Crippen LogP contribution in [-0.2, 0) is 13.5 Å². The number of aryl methyl sites for hydroxylation is 2. The van der Waals surface area contributed by atoms with Gasteiger partial charge < -0.3 is 14.8 Å². The number of hydrogen-bond acceptors (Lipinski definition) is 5. The summed E-state index contributed by atoms with van der Waals surface area (Å²) in [5.41, 5.74) is 1.58. The van der Waals surface area contributed by atoms with Gasteiger partial charge in [-0.25, -0.2) is 15.0 Å². The third-order valence-electron chi connectivity index (χ3n) is 4.08. The zero-order chi connectivity index (χ0) is 16.2. The highest BCUT2D eigenvalue weighted by Crippen LogP contribution is 2.16. The van der Waals surface area contributed by atoms with E-state index < -0.39 is 0 Å². The van der Waals surface area contributed by atoms with Crippen molar-refractivity contribution in [1.82, 2.24) is 24.8 Å². The Morgan fingerprint density at radius 1 is 1.35 bits per heavy atom. The largest absolute Gasteiger partial charge is 0.346 e. The van der Waals surface area contributed by atoms with Crippen molar-refractivity contribution in [3.8, 4) is 0 Å². The van der Waals surface area contributed by atoms with E-state index in [4.69, 9.17) is 0 Å². The van der Waals surface area contributed by atoms with Crippen molar-refractivity contribution >= 4 is 11.9 Å². The van der Waals surface area contributed by atoms with Crippen molar-refractivity contribution < 1.29 is 4.79 Å². The van der Waals surface area contributed by atoms with Crippen LogP contribution in [0.4, 0.5) is 5.95 Å². The van der Waals surface area contributed by atoms with Gasteiger partial charge in [-0.2, -0.15) is 0 Å². The standard InChI is InChI=1S/C16H22N6O/c1-3-12-7-17-16(18-8-12)22-6-4-5-13(9-22)20-15(23)14-10-21(2)11-19-14/h7-8,10-11,13H,3-6,9H2,1-2H3,(H,20,23). The molecule has 2 aromatic heterocycles. The summed E-state index contributed by atoms with van der Waals surface area (Å²) in [7, 11) is 1.85. The third-order valence-corrected chi connectivity index (χ3v) is 4.08. The number of anilines is 1. The van der Waals surface area contributed by atoms with E-state index in [-0.39, 0.29) is 11.9 Å². The summed E-state index contributed by atoms with van der Waals surface area (Å²) in [6.45, 7) is 3.73. The van der Waals surface area contributed by atoms with Gasteiger partial charge in [0, 0.05) is 44.8 Å². The lowest BCUT2D eigenvalue weighted by Crippen LogP contribution is -2.48. The number of carbonyl (C=O) groups excluding carboxylic acids is 1. The number of rotatable bonds is 4. The third kappa shape index (κ3) is 3.67. The fourth-order valence-corrected chi connectivity index (χ4v) is 2.76. The average molecular weight is 314 g/mol. The molecule has 0 bridgehead atoms. The molecule has 0 radical (unpaired) electrons. The van der Waals surface area contributed by atoms with Gasteiger partial charge in [-0.1, -0.05) is 6.92 Å². The first-order valence-electron chi connectivity index (χ1n) is 8.00. The number of amides is 1. The summed E-state index contributed by atoms with van der Waals surface area (Å²) in [5, 5.41) is 3.06. The first-order valence-corrected chi connectivity index (χ1v) is 8.00. The molecule has 1 aliphatic rings. The van der Waals surface area contributed by atoms with Crippen LogP contribution in [0.5, 0.6) is 0 Å². The molecule has 1 aliphatic heterocycles. The SMILES string of the molecule is CCc1cnc(N2CCCC(NC(=O)c3cn(C)cn3)C2)nc1. The normalized spacial score (nSPS) is 18.0. The van der Waals surface area contributed by atoms with Crippen molar-refractivity contribution in [1.29, 1.82) is 0 Å². The van der Waals surface area contributed by atoms with E-state index >= 15 is 0 Å². The Bertz CT molecular complexity index is 665. The van der Waals surface area contributed by atoms with E-state index in [0.717, 1.165) is 43.9 Å². The van der Waals surface area contributed by atoms with Gasteiger partial charge in [-0.15, -0.1) is 0 Å². The van der Waals surface area contributed by atoms with Gasteiger partial charge in [0.05, 0.1) is 6.33 Å². The summed E-state index contributed by atoms with van der Waals surface area (Å²) in [5.74, 6) is 0.610. The zero-order valence-electron chi connectivity index (χ0n) is 13.6. The minimum absolute atomic E-state index is 0.0905. The summed E-state index contributed by atoms with van der Waals surface area (Å²) >= 11 is 0. The van der Waals surface area contributed by atoms with Crippen LogP contribution >= 0.6 is 0 Å². The molecule has 1 unspecified atom stereocenters. The first kappa shape index (κ1) is 15.5. The topological polar surface area (TPSA) is 75.9 Å². The van der Waals surface area contributed by atoms with Crippen LogP contribution in [0.3, 0.4) is 0 Å². The zero-order valence-corrected chi connectivity index (χ0v) is 13.6. The van der Waals surface area contributed by atoms with E-state index in [1.54, 1.807) is 17.1 Å². The molecule has 0 aliphatic carbocycles. The lowest BCUT2D eigenvalue weighted by atomic mass is 10.1. The van der Waals surface area contributed by atoms with Crippen LogP contribution in [0.25, 0.3) is 0 Å². The van der Waals surface area contributed by atoms with Crippen LogP contribution < -0.4 is 10.2 Å². The number of piperidine rings is 1. The summed E-state index contributed by atoms with van der Waals surface area (Å²) < 4.78 is 1.77. The van der Waals surface area contributed by atoms with Crippen molar-refractivity contribution in [2.45, 2.75) is 32.2 Å². The second-order valence-electron chi connectivity index (χ2n) is 5.93. The average Bonchev–Trinajstić information content (AvgIpc) is 3.02. The minimum atomic E-state index is -0.125. The number of nitrogens with one attached hydrogen (secondary N) is 1. The van der Waals surface area contributed by atoms with E-state index in [0.29, 0.717) is 5.69 Å². The molecule has 3 heterocycles. The predicted octanol–water partition coefficient (Wildman–Crippen LogP) is 1.17. The van der Waals surface area contributed by atoms with Gasteiger partial charge in [0.25, 0.3) is 5.91 Å². The van der Waals surface area contributed by atoms with Gasteiger partial charge >= 0.3 is 0 Å². The Morgan fingerprint density at radius 3 is 2.78 bits per heavy atom. The van der Waals surface area contributed by atoms with E-state index in [2.05, 4.69) is 32.1 Å². The molecule has 3 rings (SSSR count). The lowest BCUT2D eigenvalue weighted by molar-refractivity contribution is 0.0928. The summed E-state index contributed by atoms with van der Waals surface area (Å²) in [6.07, 6.45) is 10.0. The summed E-state index contributed by atoms with van der Waals surface area (Å²) in [6, 6.07) is 0.0905. The molecule has 2 aromatic rings. The second-order valence-corrected chi connectivity index (χ2v) is 5.93.